The first-order valence-corrected chi connectivity index (χ1v) is 10.5. The third kappa shape index (κ3) is 5.04. The van der Waals surface area contributed by atoms with Crippen molar-refractivity contribution in [1.82, 2.24) is 0 Å². The van der Waals surface area contributed by atoms with E-state index in [1.807, 2.05) is 36.4 Å². The summed E-state index contributed by atoms with van der Waals surface area (Å²) in [6, 6.07) is 22.1. The van der Waals surface area contributed by atoms with E-state index in [9.17, 15) is 8.42 Å². The second-order valence-electron chi connectivity index (χ2n) is 6.48. The molecule has 5 nitrogen and oxygen atoms in total. The van der Waals surface area contributed by atoms with Crippen LogP contribution in [-0.4, -0.2) is 22.1 Å². The lowest BCUT2D eigenvalue weighted by molar-refractivity contribution is 0.414. The Hall–Kier alpha value is -2.99. The lowest BCUT2D eigenvalue weighted by Crippen LogP contribution is -2.14. The number of methoxy groups -OCH3 is 1. The van der Waals surface area contributed by atoms with Crippen LogP contribution in [0.5, 0.6) is 5.75 Å². The fourth-order valence-electron chi connectivity index (χ4n) is 2.90. The average molecular weight is 397 g/mol. The molecule has 3 rings (SSSR count). The van der Waals surface area contributed by atoms with Gasteiger partial charge in [0.2, 0.25) is 0 Å². The molecule has 3 aromatic rings. The first kappa shape index (κ1) is 19.8. The molecule has 0 heterocycles. The van der Waals surface area contributed by atoms with Crippen molar-refractivity contribution in [3.8, 4) is 5.75 Å². The second-order valence-corrected chi connectivity index (χ2v) is 8.13. The molecule has 0 spiro atoms. The van der Waals surface area contributed by atoms with Crippen LogP contribution < -0.4 is 14.8 Å². The predicted molar refractivity (Wildman–Crippen MR) is 114 cm³/mol. The van der Waals surface area contributed by atoms with E-state index in [2.05, 4.69) is 16.1 Å². The molecule has 0 aliphatic carbocycles. The van der Waals surface area contributed by atoms with Gasteiger partial charge in [0.1, 0.15) is 5.75 Å². The molecule has 3 aromatic carbocycles. The van der Waals surface area contributed by atoms with E-state index < -0.39 is 10.0 Å². The molecular weight excluding hydrogens is 372 g/mol. The molecule has 0 aromatic heterocycles. The fourth-order valence-corrected chi connectivity index (χ4v) is 4.21. The zero-order valence-corrected chi connectivity index (χ0v) is 16.8. The minimum absolute atomic E-state index is 0.287. The Morgan fingerprint density at radius 1 is 0.893 bits per heavy atom. The number of ether oxygens (including phenoxy) is 1. The monoisotopic (exact) mass is 396 g/mol. The molecule has 0 unspecified atom stereocenters. The molecule has 0 aliphatic rings. The standard InChI is InChI=1S/C22H24N2O3S/c1-17-6-3-4-9-22(17)28(25,26)24-20-12-10-19(11-13-20)23-15-14-18-7-5-8-21(16-18)27-2/h3-13,16,23-24H,14-15H2,1-2H3. The molecule has 28 heavy (non-hydrogen) atoms. The zero-order valence-electron chi connectivity index (χ0n) is 16.0. The number of sulfonamides is 1. The van der Waals surface area contributed by atoms with Crippen molar-refractivity contribution in [1.29, 1.82) is 0 Å². The Kier molecular flexibility index (Phi) is 6.21. The molecule has 0 radical (unpaired) electrons. The molecule has 0 saturated heterocycles. The van der Waals surface area contributed by atoms with Crippen molar-refractivity contribution in [2.45, 2.75) is 18.2 Å². The summed E-state index contributed by atoms with van der Waals surface area (Å²) < 4.78 is 33.0. The number of benzene rings is 3. The van der Waals surface area contributed by atoms with Crippen LogP contribution in [0.3, 0.4) is 0 Å². The average Bonchev–Trinajstić information content (AvgIpc) is 2.69. The maximum Gasteiger partial charge on any atom is 0.262 e. The summed E-state index contributed by atoms with van der Waals surface area (Å²) in [7, 11) is -1.94. The van der Waals surface area contributed by atoms with Gasteiger partial charge in [-0.2, -0.15) is 0 Å². The van der Waals surface area contributed by atoms with Crippen LogP contribution in [0.15, 0.2) is 77.7 Å². The molecule has 2 N–H and O–H groups in total. The number of anilines is 2. The van der Waals surface area contributed by atoms with Crippen molar-refractivity contribution in [3.05, 3.63) is 83.9 Å². The molecule has 0 saturated carbocycles. The highest BCUT2D eigenvalue weighted by Gasteiger charge is 2.16. The predicted octanol–water partition coefficient (Wildman–Crippen LogP) is 4.46. The summed E-state index contributed by atoms with van der Waals surface area (Å²) in [5.41, 5.74) is 3.36. The smallest absolute Gasteiger partial charge is 0.262 e. The Labute approximate surface area is 166 Å². The van der Waals surface area contributed by atoms with E-state index in [0.717, 1.165) is 24.4 Å². The van der Waals surface area contributed by atoms with Gasteiger partial charge in [-0.25, -0.2) is 8.42 Å². The summed E-state index contributed by atoms with van der Waals surface area (Å²) in [6.07, 6.45) is 0.860. The summed E-state index contributed by atoms with van der Waals surface area (Å²) >= 11 is 0. The van der Waals surface area contributed by atoms with Gasteiger partial charge in [-0.05, 0) is 66.9 Å². The fraction of sp³-hybridized carbons (Fsp3) is 0.182. The number of hydrogen-bond acceptors (Lipinski definition) is 4. The molecule has 0 bridgehead atoms. The van der Waals surface area contributed by atoms with Crippen molar-refractivity contribution in [2.75, 3.05) is 23.7 Å². The van der Waals surface area contributed by atoms with Gasteiger partial charge >= 0.3 is 0 Å². The Morgan fingerprint density at radius 2 is 1.61 bits per heavy atom. The maximum atomic E-state index is 12.6. The Morgan fingerprint density at radius 3 is 2.32 bits per heavy atom. The summed E-state index contributed by atoms with van der Waals surface area (Å²) in [6.45, 7) is 2.55. The largest absolute Gasteiger partial charge is 0.497 e. The van der Waals surface area contributed by atoms with E-state index in [1.165, 1.54) is 5.56 Å². The van der Waals surface area contributed by atoms with Crippen LogP contribution >= 0.6 is 0 Å². The number of nitrogens with one attached hydrogen (secondary N) is 2. The SMILES string of the molecule is COc1cccc(CCNc2ccc(NS(=O)(=O)c3ccccc3C)cc2)c1. The second kappa shape index (κ2) is 8.80. The number of rotatable bonds is 8. The van der Waals surface area contributed by atoms with Crippen LogP contribution in [0.1, 0.15) is 11.1 Å². The van der Waals surface area contributed by atoms with Crippen LogP contribution in [0.2, 0.25) is 0 Å². The number of aryl methyl sites for hydroxylation is 1. The molecule has 0 fully saturated rings. The lowest BCUT2D eigenvalue weighted by Gasteiger charge is -2.11. The lowest BCUT2D eigenvalue weighted by atomic mass is 10.1. The van der Waals surface area contributed by atoms with Crippen LogP contribution in [0.25, 0.3) is 0 Å². The minimum atomic E-state index is -3.60. The highest BCUT2D eigenvalue weighted by atomic mass is 32.2. The van der Waals surface area contributed by atoms with Gasteiger partial charge in [-0.15, -0.1) is 0 Å². The van der Waals surface area contributed by atoms with Crippen molar-refractivity contribution in [3.63, 3.8) is 0 Å². The van der Waals surface area contributed by atoms with Crippen LogP contribution in [-0.2, 0) is 16.4 Å². The topological polar surface area (TPSA) is 67.4 Å². The Balaban J connectivity index is 1.58. The van der Waals surface area contributed by atoms with E-state index in [4.69, 9.17) is 4.74 Å². The summed E-state index contributed by atoms with van der Waals surface area (Å²) in [5, 5.41) is 3.34. The number of hydrogen-bond donors (Lipinski definition) is 2. The Bertz CT molecular complexity index is 1030. The van der Waals surface area contributed by atoms with E-state index >= 15 is 0 Å². The van der Waals surface area contributed by atoms with Gasteiger partial charge < -0.3 is 10.1 Å². The van der Waals surface area contributed by atoms with Crippen molar-refractivity contribution < 1.29 is 13.2 Å². The van der Waals surface area contributed by atoms with Gasteiger partial charge in [-0.1, -0.05) is 30.3 Å². The molecule has 0 amide bonds. The van der Waals surface area contributed by atoms with Gasteiger partial charge in [0.15, 0.2) is 0 Å². The molecule has 6 heteroatoms. The third-order valence-electron chi connectivity index (χ3n) is 4.40. The van der Waals surface area contributed by atoms with Crippen molar-refractivity contribution >= 4 is 21.4 Å². The minimum Gasteiger partial charge on any atom is -0.497 e. The normalized spacial score (nSPS) is 11.1. The highest BCUT2D eigenvalue weighted by molar-refractivity contribution is 7.92. The van der Waals surface area contributed by atoms with E-state index in [0.29, 0.717) is 11.3 Å². The quantitative estimate of drug-likeness (QED) is 0.590. The highest BCUT2D eigenvalue weighted by Crippen LogP contribution is 2.20. The van der Waals surface area contributed by atoms with Gasteiger partial charge in [0.05, 0.1) is 12.0 Å². The van der Waals surface area contributed by atoms with Crippen LogP contribution in [0, 0.1) is 6.92 Å². The van der Waals surface area contributed by atoms with Gasteiger partial charge in [-0.3, -0.25) is 4.72 Å². The van der Waals surface area contributed by atoms with E-state index in [1.54, 1.807) is 44.4 Å². The molecule has 0 atom stereocenters. The molecule has 0 aliphatic heterocycles. The van der Waals surface area contributed by atoms with Crippen LogP contribution in [0.4, 0.5) is 11.4 Å². The molecular formula is C22H24N2O3S. The zero-order chi connectivity index (χ0) is 20.0. The van der Waals surface area contributed by atoms with Crippen molar-refractivity contribution in [2.24, 2.45) is 0 Å². The first-order chi connectivity index (χ1) is 13.5. The summed E-state index contributed by atoms with van der Waals surface area (Å²) in [4.78, 5) is 0.287. The van der Waals surface area contributed by atoms with Gasteiger partial charge in [0, 0.05) is 17.9 Å². The first-order valence-electron chi connectivity index (χ1n) is 9.03. The summed E-state index contributed by atoms with van der Waals surface area (Å²) in [5.74, 6) is 0.850. The maximum absolute atomic E-state index is 12.6. The van der Waals surface area contributed by atoms with Gasteiger partial charge in [0.25, 0.3) is 10.0 Å². The third-order valence-corrected chi connectivity index (χ3v) is 5.94. The molecule has 146 valence electrons. The van der Waals surface area contributed by atoms with E-state index in [-0.39, 0.29) is 4.90 Å².